The summed E-state index contributed by atoms with van der Waals surface area (Å²) in [6, 6.07) is 1.89. The van der Waals surface area contributed by atoms with E-state index in [4.69, 9.17) is 0 Å². The number of nitrogens with one attached hydrogen (secondary N) is 1. The van der Waals surface area contributed by atoms with Crippen LogP contribution in [0.5, 0.6) is 0 Å². The smallest absolute Gasteiger partial charge is 0.150 e. The molecule has 0 saturated heterocycles. The fraction of sp³-hybridized carbons (Fsp3) is 0.100. The second kappa shape index (κ2) is 3.13. The van der Waals surface area contributed by atoms with Gasteiger partial charge in [0, 0.05) is 6.20 Å². The maximum absolute atomic E-state index is 4.49. The summed E-state index contributed by atoms with van der Waals surface area (Å²) in [7, 11) is 0. The highest BCUT2D eigenvalue weighted by Crippen LogP contribution is 2.26. The molecule has 4 nitrogen and oxygen atoms in total. The Bertz CT molecular complexity index is 577. The molecule has 15 heavy (non-hydrogen) atoms. The third kappa shape index (κ3) is 1.32. The standard InChI is InChI=1S/C10H8N4S/c1-6-9(15-5-12-6)10-13-7-2-3-11-4-8(7)14-10/h2-5H,1H3,(H,13,14). The maximum atomic E-state index is 4.49. The van der Waals surface area contributed by atoms with Crippen LogP contribution in [0.25, 0.3) is 21.7 Å². The van der Waals surface area contributed by atoms with Crippen LogP contribution < -0.4 is 0 Å². The Morgan fingerprint density at radius 3 is 3.07 bits per heavy atom. The van der Waals surface area contributed by atoms with E-state index in [1.807, 2.05) is 18.5 Å². The Morgan fingerprint density at radius 2 is 2.33 bits per heavy atom. The monoisotopic (exact) mass is 216 g/mol. The van der Waals surface area contributed by atoms with Gasteiger partial charge >= 0.3 is 0 Å². The summed E-state index contributed by atoms with van der Waals surface area (Å²) in [6.45, 7) is 1.98. The lowest BCUT2D eigenvalue weighted by Crippen LogP contribution is -1.79. The molecule has 5 heteroatoms. The molecular weight excluding hydrogens is 208 g/mol. The normalized spacial score (nSPS) is 11.0. The summed E-state index contributed by atoms with van der Waals surface area (Å²) in [5.41, 5.74) is 4.73. The van der Waals surface area contributed by atoms with Gasteiger partial charge in [0.2, 0.25) is 0 Å². The summed E-state index contributed by atoms with van der Waals surface area (Å²) in [4.78, 5) is 17.1. The number of hydrogen-bond acceptors (Lipinski definition) is 4. The summed E-state index contributed by atoms with van der Waals surface area (Å²) in [5, 5.41) is 0. The van der Waals surface area contributed by atoms with Gasteiger partial charge < -0.3 is 4.98 Å². The van der Waals surface area contributed by atoms with Gasteiger partial charge in [0.25, 0.3) is 0 Å². The molecule has 1 N–H and O–H groups in total. The van der Waals surface area contributed by atoms with Crippen LogP contribution in [0.2, 0.25) is 0 Å². The molecule has 3 aromatic heterocycles. The Morgan fingerprint density at radius 1 is 1.40 bits per heavy atom. The molecule has 0 unspecified atom stereocenters. The molecule has 74 valence electrons. The third-order valence-corrected chi connectivity index (χ3v) is 3.18. The summed E-state index contributed by atoms with van der Waals surface area (Å²) >= 11 is 1.59. The van der Waals surface area contributed by atoms with E-state index >= 15 is 0 Å². The third-order valence-electron chi connectivity index (χ3n) is 2.24. The topological polar surface area (TPSA) is 54.5 Å². The van der Waals surface area contributed by atoms with Crippen molar-refractivity contribution in [2.45, 2.75) is 6.92 Å². The highest BCUT2D eigenvalue weighted by molar-refractivity contribution is 7.13. The highest BCUT2D eigenvalue weighted by atomic mass is 32.1. The molecule has 3 aromatic rings. The quantitative estimate of drug-likeness (QED) is 0.679. The zero-order valence-electron chi connectivity index (χ0n) is 8.06. The number of pyridine rings is 1. The number of aromatic amines is 1. The Kier molecular flexibility index (Phi) is 1.78. The van der Waals surface area contributed by atoms with Gasteiger partial charge in [-0.1, -0.05) is 0 Å². The fourth-order valence-corrected chi connectivity index (χ4v) is 2.24. The van der Waals surface area contributed by atoms with Crippen molar-refractivity contribution in [1.82, 2.24) is 19.9 Å². The van der Waals surface area contributed by atoms with Crippen LogP contribution >= 0.6 is 11.3 Å². The van der Waals surface area contributed by atoms with E-state index in [1.165, 1.54) is 0 Å². The molecule has 0 aliphatic heterocycles. The van der Waals surface area contributed by atoms with Crippen molar-refractivity contribution in [3.05, 3.63) is 29.7 Å². The summed E-state index contributed by atoms with van der Waals surface area (Å²) < 4.78 is 0. The molecule has 0 aromatic carbocycles. The number of fused-ring (bicyclic) bond motifs is 1. The molecule has 0 atom stereocenters. The van der Waals surface area contributed by atoms with Crippen molar-refractivity contribution in [2.24, 2.45) is 0 Å². The molecule has 3 heterocycles. The van der Waals surface area contributed by atoms with E-state index < -0.39 is 0 Å². The van der Waals surface area contributed by atoms with E-state index in [2.05, 4.69) is 19.9 Å². The lowest BCUT2D eigenvalue weighted by molar-refractivity contribution is 1.24. The lowest BCUT2D eigenvalue weighted by atomic mass is 10.4. The largest absolute Gasteiger partial charge is 0.336 e. The van der Waals surface area contributed by atoms with Crippen LogP contribution in [0.1, 0.15) is 5.69 Å². The van der Waals surface area contributed by atoms with Crippen molar-refractivity contribution in [3.8, 4) is 10.7 Å². The number of hydrogen-bond donors (Lipinski definition) is 1. The van der Waals surface area contributed by atoms with Crippen molar-refractivity contribution >= 4 is 22.4 Å². The average Bonchev–Trinajstić information content (AvgIpc) is 2.82. The van der Waals surface area contributed by atoms with Gasteiger partial charge in [-0.05, 0) is 13.0 Å². The molecule has 0 fully saturated rings. The summed E-state index contributed by atoms with van der Waals surface area (Å²) in [5.74, 6) is 0.873. The van der Waals surface area contributed by atoms with E-state index in [1.54, 1.807) is 23.7 Å². The molecular formula is C10H8N4S. The molecule has 0 spiro atoms. The number of rotatable bonds is 1. The van der Waals surface area contributed by atoms with Crippen LogP contribution in [0.4, 0.5) is 0 Å². The molecule has 0 bridgehead atoms. The van der Waals surface area contributed by atoms with Crippen molar-refractivity contribution in [2.75, 3.05) is 0 Å². The molecule has 0 saturated carbocycles. The van der Waals surface area contributed by atoms with E-state index in [9.17, 15) is 0 Å². The predicted octanol–water partition coefficient (Wildman–Crippen LogP) is 2.39. The number of aromatic nitrogens is 4. The zero-order valence-corrected chi connectivity index (χ0v) is 8.88. The van der Waals surface area contributed by atoms with Crippen molar-refractivity contribution in [3.63, 3.8) is 0 Å². The average molecular weight is 216 g/mol. The molecule has 0 radical (unpaired) electrons. The molecule has 0 amide bonds. The maximum Gasteiger partial charge on any atom is 0.150 e. The van der Waals surface area contributed by atoms with E-state index in [0.717, 1.165) is 27.4 Å². The van der Waals surface area contributed by atoms with Crippen molar-refractivity contribution in [1.29, 1.82) is 0 Å². The van der Waals surface area contributed by atoms with Crippen molar-refractivity contribution < 1.29 is 0 Å². The first-order valence-electron chi connectivity index (χ1n) is 4.55. The lowest BCUT2D eigenvalue weighted by Gasteiger charge is -1.90. The van der Waals surface area contributed by atoms with Gasteiger partial charge in [-0.3, -0.25) is 4.98 Å². The fourth-order valence-electron chi connectivity index (χ4n) is 1.49. The Hall–Kier alpha value is -1.75. The SMILES string of the molecule is Cc1ncsc1-c1nc2ccncc2[nH]1. The Labute approximate surface area is 90.0 Å². The van der Waals surface area contributed by atoms with Gasteiger partial charge in [-0.15, -0.1) is 11.3 Å². The number of thiazole rings is 1. The highest BCUT2D eigenvalue weighted by Gasteiger charge is 2.09. The van der Waals surface area contributed by atoms with Crippen LogP contribution in [0.3, 0.4) is 0 Å². The molecule has 3 rings (SSSR count). The van der Waals surface area contributed by atoms with Gasteiger partial charge in [0.05, 0.1) is 33.3 Å². The minimum atomic E-state index is 0.873. The van der Waals surface area contributed by atoms with Gasteiger partial charge in [-0.2, -0.15) is 0 Å². The Balaban J connectivity index is 2.24. The zero-order chi connectivity index (χ0) is 10.3. The predicted molar refractivity (Wildman–Crippen MR) is 59.7 cm³/mol. The van der Waals surface area contributed by atoms with Gasteiger partial charge in [0.1, 0.15) is 0 Å². The minimum Gasteiger partial charge on any atom is -0.336 e. The molecule has 0 aliphatic rings. The second-order valence-electron chi connectivity index (χ2n) is 3.25. The van der Waals surface area contributed by atoms with Crippen LogP contribution in [-0.2, 0) is 0 Å². The number of aryl methyl sites for hydroxylation is 1. The van der Waals surface area contributed by atoms with E-state index in [-0.39, 0.29) is 0 Å². The van der Waals surface area contributed by atoms with Crippen LogP contribution in [0.15, 0.2) is 24.0 Å². The minimum absolute atomic E-state index is 0.873. The number of H-pyrrole nitrogens is 1. The van der Waals surface area contributed by atoms with Gasteiger partial charge in [-0.25, -0.2) is 9.97 Å². The first-order chi connectivity index (χ1) is 7.34. The first-order valence-corrected chi connectivity index (χ1v) is 5.43. The van der Waals surface area contributed by atoms with Crippen LogP contribution in [0, 0.1) is 6.92 Å². The number of imidazole rings is 1. The molecule has 0 aliphatic carbocycles. The van der Waals surface area contributed by atoms with E-state index in [0.29, 0.717) is 0 Å². The number of nitrogens with zero attached hydrogens (tertiary/aromatic N) is 3. The second-order valence-corrected chi connectivity index (χ2v) is 4.10. The first kappa shape index (κ1) is 8.55. The summed E-state index contributed by atoms with van der Waals surface area (Å²) in [6.07, 6.45) is 3.52. The van der Waals surface area contributed by atoms with Crippen LogP contribution in [-0.4, -0.2) is 19.9 Å². The van der Waals surface area contributed by atoms with Gasteiger partial charge in [0.15, 0.2) is 5.82 Å².